The molecule has 8 heteroatoms. The molecule has 3 aromatic rings. The predicted octanol–water partition coefficient (Wildman–Crippen LogP) is 3.74. The summed E-state index contributed by atoms with van der Waals surface area (Å²) in [6.07, 6.45) is -0.757. The molecule has 136 valence electrons. The summed E-state index contributed by atoms with van der Waals surface area (Å²) in [5, 5.41) is 4.09. The maximum atomic E-state index is 13.3. The van der Waals surface area contributed by atoms with Gasteiger partial charge in [-0.05, 0) is 31.7 Å². The highest BCUT2D eigenvalue weighted by Gasteiger charge is 2.40. The minimum atomic E-state index is -4.53. The fraction of sp³-hybridized carbons (Fsp3) is 0.389. The summed E-state index contributed by atoms with van der Waals surface area (Å²) in [5.41, 5.74) is -0.0893. The van der Waals surface area contributed by atoms with Gasteiger partial charge < -0.3 is 4.90 Å². The quantitative estimate of drug-likeness (QED) is 0.713. The molecule has 0 bridgehead atoms. The summed E-state index contributed by atoms with van der Waals surface area (Å²) in [6, 6.07) is 11.1. The lowest BCUT2D eigenvalue weighted by molar-refractivity contribution is -0.141. The van der Waals surface area contributed by atoms with Crippen LogP contribution in [0.15, 0.2) is 42.7 Å². The highest BCUT2D eigenvalue weighted by molar-refractivity contribution is 5.51. The van der Waals surface area contributed by atoms with Crippen molar-refractivity contribution in [1.29, 1.82) is 0 Å². The fourth-order valence-corrected chi connectivity index (χ4v) is 3.77. The van der Waals surface area contributed by atoms with Gasteiger partial charge in [0.25, 0.3) is 5.78 Å². The molecule has 3 heterocycles. The number of aromatic nitrogens is 4. The summed E-state index contributed by atoms with van der Waals surface area (Å²) in [5.74, 6) is 0.347. The van der Waals surface area contributed by atoms with Crippen LogP contribution in [-0.2, 0) is 12.6 Å². The molecule has 4 rings (SSSR count). The second kappa shape index (κ2) is 5.96. The second-order valence-electron chi connectivity index (χ2n) is 6.88. The summed E-state index contributed by atoms with van der Waals surface area (Å²) >= 11 is 0. The fourth-order valence-electron chi connectivity index (χ4n) is 3.77. The van der Waals surface area contributed by atoms with Crippen LogP contribution in [0.1, 0.15) is 31.0 Å². The Kier molecular flexibility index (Phi) is 3.86. The zero-order valence-electron chi connectivity index (χ0n) is 14.2. The van der Waals surface area contributed by atoms with Gasteiger partial charge in [-0.1, -0.05) is 30.3 Å². The van der Waals surface area contributed by atoms with E-state index in [9.17, 15) is 13.2 Å². The molecule has 1 aromatic carbocycles. The molecule has 5 nitrogen and oxygen atoms in total. The number of anilines is 1. The summed E-state index contributed by atoms with van der Waals surface area (Å²) in [6.45, 7) is 2.75. The molecule has 0 saturated carbocycles. The van der Waals surface area contributed by atoms with Crippen molar-refractivity contribution >= 4 is 11.6 Å². The first-order valence-corrected chi connectivity index (χ1v) is 8.46. The second-order valence-corrected chi connectivity index (χ2v) is 6.88. The van der Waals surface area contributed by atoms with E-state index in [2.05, 4.69) is 22.0 Å². The van der Waals surface area contributed by atoms with E-state index in [4.69, 9.17) is 0 Å². The third kappa shape index (κ3) is 2.89. The van der Waals surface area contributed by atoms with Crippen LogP contribution in [0, 0.1) is 0 Å². The molecule has 1 aliphatic rings. The third-order valence-electron chi connectivity index (χ3n) is 4.98. The Morgan fingerprint density at radius 3 is 2.69 bits per heavy atom. The first kappa shape index (κ1) is 16.8. The lowest BCUT2D eigenvalue weighted by Crippen LogP contribution is -2.44. The van der Waals surface area contributed by atoms with E-state index in [1.807, 2.05) is 35.2 Å². The van der Waals surface area contributed by atoms with Crippen molar-refractivity contribution in [1.82, 2.24) is 19.6 Å². The van der Waals surface area contributed by atoms with E-state index in [1.54, 1.807) is 0 Å². The van der Waals surface area contributed by atoms with E-state index < -0.39 is 11.9 Å². The average molecular weight is 361 g/mol. The van der Waals surface area contributed by atoms with Crippen LogP contribution in [0.2, 0.25) is 0 Å². The molecule has 0 radical (unpaired) electrons. The van der Waals surface area contributed by atoms with Gasteiger partial charge in [0.2, 0.25) is 0 Å². The Balaban J connectivity index is 1.79. The topological polar surface area (TPSA) is 46.3 Å². The number of fused-ring (bicyclic) bond motifs is 1. The molecule has 0 aliphatic carbocycles. The number of rotatable bonds is 3. The molecule has 1 fully saturated rings. The number of hydrogen-bond donors (Lipinski definition) is 0. The molecule has 0 spiro atoms. The van der Waals surface area contributed by atoms with Crippen LogP contribution < -0.4 is 4.90 Å². The Morgan fingerprint density at radius 2 is 1.96 bits per heavy atom. The van der Waals surface area contributed by atoms with Crippen molar-refractivity contribution in [3.05, 3.63) is 54.0 Å². The van der Waals surface area contributed by atoms with Crippen LogP contribution in [-0.4, -0.2) is 31.7 Å². The lowest BCUT2D eigenvalue weighted by Gasteiger charge is -2.37. The first-order chi connectivity index (χ1) is 12.4. The maximum Gasteiger partial charge on any atom is 0.433 e. The third-order valence-corrected chi connectivity index (χ3v) is 4.98. The van der Waals surface area contributed by atoms with Crippen molar-refractivity contribution in [3.8, 4) is 0 Å². The standard InChI is InChI=1S/C18H18F3N5/c1-17(11-13-6-3-2-4-7-13)8-5-9-25(17)15-10-14(18(19,20)21)24-16-22-12-23-26(15)16/h2-4,6-7,10,12H,5,8-9,11H2,1H3/t17-/m0/s1. The Labute approximate surface area is 148 Å². The minimum absolute atomic E-state index is 0.0382. The maximum absolute atomic E-state index is 13.3. The van der Waals surface area contributed by atoms with Crippen LogP contribution >= 0.6 is 0 Å². The SMILES string of the molecule is C[C@@]1(Cc2ccccc2)CCCN1c1cc(C(F)(F)F)nc2ncnn12. The highest BCUT2D eigenvalue weighted by Crippen LogP contribution is 2.38. The number of benzene rings is 1. The minimum Gasteiger partial charge on any atom is -0.351 e. The van der Waals surface area contributed by atoms with Crippen molar-refractivity contribution in [2.45, 2.75) is 37.9 Å². The molecule has 1 atom stereocenters. The van der Waals surface area contributed by atoms with E-state index in [0.29, 0.717) is 12.4 Å². The van der Waals surface area contributed by atoms with Crippen molar-refractivity contribution in [3.63, 3.8) is 0 Å². The lowest BCUT2D eigenvalue weighted by atomic mass is 9.90. The van der Waals surface area contributed by atoms with Crippen molar-refractivity contribution in [2.75, 3.05) is 11.4 Å². The Bertz CT molecular complexity index is 921. The summed E-state index contributed by atoms with van der Waals surface area (Å²) in [4.78, 5) is 9.49. The normalized spacial score (nSPS) is 20.8. The first-order valence-electron chi connectivity index (χ1n) is 8.46. The number of nitrogens with zero attached hydrogens (tertiary/aromatic N) is 5. The van der Waals surface area contributed by atoms with Gasteiger partial charge in [-0.3, -0.25) is 0 Å². The summed E-state index contributed by atoms with van der Waals surface area (Å²) < 4.78 is 41.3. The molecule has 0 unspecified atom stereocenters. The van der Waals surface area contributed by atoms with Gasteiger partial charge in [0.1, 0.15) is 12.1 Å². The number of hydrogen-bond acceptors (Lipinski definition) is 4. The van der Waals surface area contributed by atoms with Crippen molar-refractivity contribution < 1.29 is 13.2 Å². The molecule has 26 heavy (non-hydrogen) atoms. The number of halogens is 3. The van der Waals surface area contributed by atoms with Gasteiger partial charge in [0, 0.05) is 18.2 Å². The smallest absolute Gasteiger partial charge is 0.351 e. The molecule has 2 aromatic heterocycles. The molecular formula is C18H18F3N5. The van der Waals surface area contributed by atoms with Crippen LogP contribution in [0.4, 0.5) is 19.0 Å². The molecule has 0 N–H and O–H groups in total. The summed E-state index contributed by atoms with van der Waals surface area (Å²) in [7, 11) is 0. The van der Waals surface area contributed by atoms with Gasteiger partial charge >= 0.3 is 6.18 Å². The zero-order valence-corrected chi connectivity index (χ0v) is 14.2. The molecular weight excluding hydrogens is 343 g/mol. The van der Waals surface area contributed by atoms with E-state index in [1.165, 1.54) is 10.8 Å². The molecule has 1 saturated heterocycles. The van der Waals surface area contributed by atoms with E-state index >= 15 is 0 Å². The van der Waals surface area contributed by atoms with Gasteiger partial charge in [-0.15, -0.1) is 0 Å². The molecule has 1 aliphatic heterocycles. The van der Waals surface area contributed by atoms with Crippen LogP contribution in [0.5, 0.6) is 0 Å². The van der Waals surface area contributed by atoms with Gasteiger partial charge in [0.05, 0.1) is 0 Å². The highest BCUT2D eigenvalue weighted by atomic mass is 19.4. The van der Waals surface area contributed by atoms with E-state index in [0.717, 1.165) is 30.9 Å². The predicted molar refractivity (Wildman–Crippen MR) is 90.9 cm³/mol. The van der Waals surface area contributed by atoms with Gasteiger partial charge in [-0.25, -0.2) is 4.98 Å². The van der Waals surface area contributed by atoms with Crippen LogP contribution in [0.3, 0.4) is 0 Å². The average Bonchev–Trinajstić information content (AvgIpc) is 3.20. The molecule has 0 amide bonds. The number of alkyl halides is 3. The van der Waals surface area contributed by atoms with E-state index in [-0.39, 0.29) is 11.3 Å². The van der Waals surface area contributed by atoms with Gasteiger partial charge in [-0.2, -0.15) is 27.8 Å². The zero-order chi connectivity index (χ0) is 18.4. The van der Waals surface area contributed by atoms with Gasteiger partial charge in [0.15, 0.2) is 5.69 Å². The Morgan fingerprint density at radius 1 is 1.19 bits per heavy atom. The van der Waals surface area contributed by atoms with Crippen molar-refractivity contribution in [2.24, 2.45) is 0 Å². The monoisotopic (exact) mass is 361 g/mol. The largest absolute Gasteiger partial charge is 0.433 e. The Hall–Kier alpha value is -2.64. The van der Waals surface area contributed by atoms with Crippen LogP contribution in [0.25, 0.3) is 5.78 Å².